The highest BCUT2D eigenvalue weighted by Crippen LogP contribution is 2.41. The molecule has 108 valence electrons. The second kappa shape index (κ2) is 5.44. The number of hydrogen-bond acceptors (Lipinski definition) is 4. The molecular formula is C16H24N4. The highest BCUT2D eigenvalue weighted by atomic mass is 15.2. The van der Waals surface area contributed by atoms with Crippen LogP contribution < -0.4 is 5.73 Å². The van der Waals surface area contributed by atoms with Gasteiger partial charge in [-0.1, -0.05) is 12.1 Å². The Morgan fingerprint density at radius 2 is 2.05 bits per heavy atom. The van der Waals surface area contributed by atoms with E-state index >= 15 is 0 Å². The molecule has 0 saturated carbocycles. The molecule has 0 atom stereocenters. The number of pyridine rings is 1. The van der Waals surface area contributed by atoms with E-state index in [4.69, 9.17) is 5.73 Å². The van der Waals surface area contributed by atoms with E-state index in [9.17, 15) is 0 Å². The molecule has 0 unspecified atom stereocenters. The average Bonchev–Trinajstić information content (AvgIpc) is 2.42. The van der Waals surface area contributed by atoms with Gasteiger partial charge >= 0.3 is 0 Å². The van der Waals surface area contributed by atoms with Crippen molar-refractivity contribution in [2.24, 2.45) is 5.41 Å². The minimum atomic E-state index is 0.583. The molecule has 20 heavy (non-hydrogen) atoms. The summed E-state index contributed by atoms with van der Waals surface area (Å²) in [4.78, 5) is 9.13. The first-order valence-corrected chi connectivity index (χ1v) is 7.49. The van der Waals surface area contributed by atoms with Crippen LogP contribution in [0.4, 0.5) is 5.82 Å². The van der Waals surface area contributed by atoms with Crippen LogP contribution in [0.1, 0.15) is 25.3 Å². The summed E-state index contributed by atoms with van der Waals surface area (Å²) in [5, 5.41) is 0. The molecule has 4 nitrogen and oxygen atoms in total. The van der Waals surface area contributed by atoms with Crippen LogP contribution in [-0.2, 0) is 6.54 Å². The lowest BCUT2D eigenvalue weighted by molar-refractivity contribution is -0.0441. The number of allylic oxidation sites excluding steroid dienone is 1. The zero-order chi connectivity index (χ0) is 14.0. The summed E-state index contributed by atoms with van der Waals surface area (Å²) in [7, 11) is 0. The summed E-state index contributed by atoms with van der Waals surface area (Å²) >= 11 is 0. The van der Waals surface area contributed by atoms with Crippen LogP contribution in [0.25, 0.3) is 0 Å². The van der Waals surface area contributed by atoms with Gasteiger partial charge in [-0.2, -0.15) is 0 Å². The van der Waals surface area contributed by atoms with Crippen molar-refractivity contribution >= 4 is 5.82 Å². The summed E-state index contributed by atoms with van der Waals surface area (Å²) in [6.45, 7) is 8.00. The fourth-order valence-electron chi connectivity index (χ4n) is 3.48. The smallest absolute Gasteiger partial charge is 0.123 e. The number of piperidine rings is 1. The lowest BCUT2D eigenvalue weighted by atomic mass is 9.72. The van der Waals surface area contributed by atoms with Crippen LogP contribution in [0.5, 0.6) is 0 Å². The molecule has 4 heteroatoms. The molecule has 3 rings (SSSR count). The van der Waals surface area contributed by atoms with Crippen LogP contribution in [-0.4, -0.2) is 41.0 Å². The van der Waals surface area contributed by atoms with Crippen LogP contribution in [0.2, 0.25) is 0 Å². The Morgan fingerprint density at radius 3 is 2.65 bits per heavy atom. The number of likely N-dealkylation sites (tertiary alicyclic amines) is 2. The first kappa shape index (κ1) is 13.4. The third-order valence-electron chi connectivity index (χ3n) is 4.59. The molecular weight excluding hydrogens is 248 g/mol. The predicted molar refractivity (Wildman–Crippen MR) is 82.0 cm³/mol. The molecule has 1 aromatic heterocycles. The molecule has 0 amide bonds. The van der Waals surface area contributed by atoms with Gasteiger partial charge in [-0.05, 0) is 43.0 Å². The van der Waals surface area contributed by atoms with Gasteiger partial charge in [0.1, 0.15) is 5.82 Å². The van der Waals surface area contributed by atoms with E-state index in [0.717, 1.165) is 6.54 Å². The van der Waals surface area contributed by atoms with E-state index in [1.54, 1.807) is 0 Å². The van der Waals surface area contributed by atoms with Crippen molar-refractivity contribution in [3.63, 3.8) is 0 Å². The van der Waals surface area contributed by atoms with E-state index in [-0.39, 0.29) is 0 Å². The Bertz CT molecular complexity index is 464. The van der Waals surface area contributed by atoms with Gasteiger partial charge < -0.3 is 10.6 Å². The molecule has 3 heterocycles. The van der Waals surface area contributed by atoms with E-state index in [2.05, 4.69) is 40.0 Å². The Kier molecular flexibility index (Phi) is 3.66. The fourth-order valence-corrected chi connectivity index (χ4v) is 3.48. The van der Waals surface area contributed by atoms with Crippen LogP contribution in [0.3, 0.4) is 0 Å². The Labute approximate surface area is 121 Å². The molecule has 2 fully saturated rings. The molecule has 2 aliphatic heterocycles. The lowest BCUT2D eigenvalue weighted by Crippen LogP contribution is -2.59. The summed E-state index contributed by atoms with van der Waals surface area (Å²) < 4.78 is 0. The van der Waals surface area contributed by atoms with E-state index < -0.39 is 0 Å². The SMILES string of the molecule is C/C=C/N1CCC2(CC1)CN(Cc1ccc(N)nc1)C2. The van der Waals surface area contributed by atoms with Crippen molar-refractivity contribution in [1.82, 2.24) is 14.8 Å². The lowest BCUT2D eigenvalue weighted by Gasteiger charge is -2.54. The molecule has 0 radical (unpaired) electrons. The Morgan fingerprint density at radius 1 is 1.30 bits per heavy atom. The van der Waals surface area contributed by atoms with Crippen LogP contribution >= 0.6 is 0 Å². The van der Waals surface area contributed by atoms with Crippen molar-refractivity contribution in [2.75, 3.05) is 31.9 Å². The minimum Gasteiger partial charge on any atom is -0.384 e. The van der Waals surface area contributed by atoms with Gasteiger partial charge in [-0.25, -0.2) is 4.98 Å². The van der Waals surface area contributed by atoms with Gasteiger partial charge in [0.05, 0.1) is 0 Å². The third kappa shape index (κ3) is 2.80. The molecule has 1 aromatic rings. The molecule has 2 saturated heterocycles. The van der Waals surface area contributed by atoms with Gasteiger partial charge in [0.15, 0.2) is 0 Å². The number of nitrogens with zero attached hydrogens (tertiary/aromatic N) is 3. The third-order valence-corrected chi connectivity index (χ3v) is 4.59. The minimum absolute atomic E-state index is 0.583. The topological polar surface area (TPSA) is 45.4 Å². The van der Waals surface area contributed by atoms with Gasteiger partial charge in [0, 0.05) is 38.9 Å². The van der Waals surface area contributed by atoms with E-state index in [1.807, 2.05) is 12.3 Å². The standard InChI is InChI=1S/C16H24N4/c1-2-7-19-8-5-16(6-9-19)12-20(13-16)11-14-3-4-15(17)18-10-14/h2-4,7,10H,5-6,8-9,11-13H2,1H3,(H2,17,18)/b7-2+. The molecule has 1 spiro atoms. The van der Waals surface area contributed by atoms with E-state index in [0.29, 0.717) is 11.2 Å². The normalized spacial score (nSPS) is 22.4. The molecule has 0 bridgehead atoms. The first-order valence-electron chi connectivity index (χ1n) is 7.49. The number of anilines is 1. The van der Waals surface area contributed by atoms with Gasteiger partial charge in [-0.15, -0.1) is 0 Å². The molecule has 2 N–H and O–H groups in total. The summed E-state index contributed by atoms with van der Waals surface area (Å²) in [6, 6.07) is 3.97. The number of rotatable bonds is 3. The number of nitrogen functional groups attached to an aromatic ring is 1. The van der Waals surface area contributed by atoms with Gasteiger partial charge in [0.25, 0.3) is 0 Å². The van der Waals surface area contributed by atoms with Crippen molar-refractivity contribution in [3.8, 4) is 0 Å². The maximum atomic E-state index is 5.62. The maximum absolute atomic E-state index is 5.62. The second-order valence-corrected chi connectivity index (χ2v) is 6.25. The molecule has 0 aliphatic carbocycles. The number of hydrogen-bond donors (Lipinski definition) is 1. The average molecular weight is 272 g/mol. The zero-order valence-electron chi connectivity index (χ0n) is 12.3. The van der Waals surface area contributed by atoms with Crippen molar-refractivity contribution in [3.05, 3.63) is 36.2 Å². The summed E-state index contributed by atoms with van der Waals surface area (Å²) in [5.74, 6) is 0.602. The fraction of sp³-hybridized carbons (Fsp3) is 0.562. The quantitative estimate of drug-likeness (QED) is 0.915. The molecule has 0 aromatic carbocycles. The monoisotopic (exact) mass is 272 g/mol. The maximum Gasteiger partial charge on any atom is 0.123 e. The van der Waals surface area contributed by atoms with Crippen molar-refractivity contribution in [1.29, 1.82) is 0 Å². The summed E-state index contributed by atoms with van der Waals surface area (Å²) in [5.41, 5.74) is 7.47. The Hall–Kier alpha value is -1.55. The van der Waals surface area contributed by atoms with Crippen LogP contribution in [0, 0.1) is 5.41 Å². The van der Waals surface area contributed by atoms with Crippen LogP contribution in [0.15, 0.2) is 30.6 Å². The largest absolute Gasteiger partial charge is 0.384 e. The first-order chi connectivity index (χ1) is 9.69. The van der Waals surface area contributed by atoms with E-state index in [1.165, 1.54) is 44.6 Å². The van der Waals surface area contributed by atoms with Gasteiger partial charge in [0.2, 0.25) is 0 Å². The number of nitrogens with two attached hydrogens (primary N) is 1. The highest BCUT2D eigenvalue weighted by Gasteiger charge is 2.44. The highest BCUT2D eigenvalue weighted by molar-refractivity contribution is 5.29. The second-order valence-electron chi connectivity index (χ2n) is 6.25. The predicted octanol–water partition coefficient (Wildman–Crippen LogP) is 2.10. The zero-order valence-corrected chi connectivity index (χ0v) is 12.3. The molecule has 2 aliphatic rings. The van der Waals surface area contributed by atoms with Crippen molar-refractivity contribution < 1.29 is 0 Å². The number of aromatic nitrogens is 1. The Balaban J connectivity index is 1.48. The van der Waals surface area contributed by atoms with Gasteiger partial charge in [-0.3, -0.25) is 4.90 Å². The van der Waals surface area contributed by atoms with Crippen molar-refractivity contribution in [2.45, 2.75) is 26.3 Å². The summed E-state index contributed by atoms with van der Waals surface area (Å²) in [6.07, 6.45) is 8.92.